The van der Waals surface area contributed by atoms with Gasteiger partial charge in [0.15, 0.2) is 0 Å². The minimum atomic E-state index is -3.42. The van der Waals surface area contributed by atoms with Gasteiger partial charge in [0.25, 0.3) is 10.2 Å². The topological polar surface area (TPSA) is 61.9 Å². The number of rotatable bonds is 5. The third kappa shape index (κ3) is 3.91. The fourth-order valence-electron chi connectivity index (χ4n) is 3.60. The Morgan fingerprint density at radius 2 is 1.96 bits per heavy atom. The molecular formula is C17H27N3O3S. The van der Waals surface area contributed by atoms with Crippen molar-refractivity contribution >= 4 is 10.2 Å². The van der Waals surface area contributed by atoms with E-state index in [1.54, 1.807) is 11.4 Å². The quantitative estimate of drug-likeness (QED) is 0.876. The van der Waals surface area contributed by atoms with Crippen LogP contribution >= 0.6 is 0 Å². The molecule has 134 valence electrons. The predicted molar refractivity (Wildman–Crippen MR) is 94.2 cm³/mol. The Hall–Kier alpha value is -1.15. The summed E-state index contributed by atoms with van der Waals surface area (Å²) >= 11 is 0. The number of hydrogen-bond donors (Lipinski definition) is 1. The third-order valence-electron chi connectivity index (χ3n) is 5.10. The molecule has 2 fully saturated rings. The monoisotopic (exact) mass is 353 g/mol. The summed E-state index contributed by atoms with van der Waals surface area (Å²) in [5.74, 6) is 0.796. The van der Waals surface area contributed by atoms with Gasteiger partial charge in [0.2, 0.25) is 0 Å². The van der Waals surface area contributed by atoms with E-state index in [1.165, 1.54) is 0 Å². The Labute approximate surface area is 145 Å². The minimum absolute atomic E-state index is 0.0361. The molecule has 24 heavy (non-hydrogen) atoms. The van der Waals surface area contributed by atoms with E-state index < -0.39 is 10.2 Å². The van der Waals surface area contributed by atoms with Crippen LogP contribution < -0.4 is 9.46 Å². The van der Waals surface area contributed by atoms with Crippen molar-refractivity contribution < 1.29 is 13.2 Å². The number of ether oxygens (including phenoxy) is 1. The van der Waals surface area contributed by atoms with Gasteiger partial charge in [-0.2, -0.15) is 17.4 Å². The summed E-state index contributed by atoms with van der Waals surface area (Å²) in [6.07, 6.45) is 4.13. The van der Waals surface area contributed by atoms with Crippen LogP contribution in [0.1, 0.15) is 37.3 Å². The summed E-state index contributed by atoms with van der Waals surface area (Å²) in [4.78, 5) is 2.20. The first-order valence-corrected chi connectivity index (χ1v) is 10.1. The molecule has 1 aromatic carbocycles. The fraction of sp³-hybridized carbons (Fsp3) is 0.647. The van der Waals surface area contributed by atoms with Gasteiger partial charge < -0.3 is 4.74 Å². The lowest BCUT2D eigenvalue weighted by Gasteiger charge is -2.39. The first kappa shape index (κ1) is 17.7. The normalized spacial score (nSPS) is 24.3. The molecule has 1 atom stereocenters. The molecule has 3 rings (SSSR count). The minimum Gasteiger partial charge on any atom is -0.497 e. The Balaban J connectivity index is 1.74. The third-order valence-corrected chi connectivity index (χ3v) is 6.74. The smallest absolute Gasteiger partial charge is 0.279 e. The van der Waals surface area contributed by atoms with E-state index in [1.807, 2.05) is 31.3 Å². The molecule has 0 aromatic heterocycles. The highest BCUT2D eigenvalue weighted by molar-refractivity contribution is 7.87. The number of likely N-dealkylation sites (N-methyl/N-ethyl adjacent to an activating group) is 1. The van der Waals surface area contributed by atoms with Gasteiger partial charge in [0.05, 0.1) is 7.11 Å². The molecular weight excluding hydrogens is 326 g/mol. The predicted octanol–water partition coefficient (Wildman–Crippen LogP) is 1.76. The van der Waals surface area contributed by atoms with Crippen LogP contribution in [0.5, 0.6) is 5.75 Å². The summed E-state index contributed by atoms with van der Waals surface area (Å²) in [7, 11) is 0.264. The molecule has 1 aliphatic heterocycles. The van der Waals surface area contributed by atoms with Crippen molar-refractivity contribution in [3.8, 4) is 5.75 Å². The molecule has 1 N–H and O–H groups in total. The molecule has 1 aliphatic carbocycles. The van der Waals surface area contributed by atoms with Crippen LogP contribution in [0.3, 0.4) is 0 Å². The highest BCUT2D eigenvalue weighted by atomic mass is 32.2. The number of nitrogens with one attached hydrogen (secondary N) is 1. The van der Waals surface area contributed by atoms with E-state index in [9.17, 15) is 8.42 Å². The van der Waals surface area contributed by atoms with Gasteiger partial charge in [-0.3, -0.25) is 4.90 Å². The van der Waals surface area contributed by atoms with Crippen LogP contribution in [0.25, 0.3) is 0 Å². The highest BCUT2D eigenvalue weighted by Gasteiger charge is 2.34. The van der Waals surface area contributed by atoms with Crippen molar-refractivity contribution in [3.05, 3.63) is 29.8 Å². The van der Waals surface area contributed by atoms with Crippen LogP contribution in [0.15, 0.2) is 24.3 Å². The van der Waals surface area contributed by atoms with E-state index in [2.05, 4.69) is 9.62 Å². The maximum atomic E-state index is 12.7. The molecule has 0 radical (unpaired) electrons. The second-order valence-corrected chi connectivity index (χ2v) is 8.44. The molecule has 0 amide bonds. The van der Waals surface area contributed by atoms with Crippen molar-refractivity contribution in [2.45, 2.75) is 37.8 Å². The Morgan fingerprint density at radius 1 is 1.21 bits per heavy atom. The molecule has 2 aliphatic rings. The molecule has 6 nitrogen and oxygen atoms in total. The van der Waals surface area contributed by atoms with Crippen LogP contribution in [0.2, 0.25) is 0 Å². The lowest BCUT2D eigenvalue weighted by Crippen LogP contribution is -2.53. The van der Waals surface area contributed by atoms with Crippen molar-refractivity contribution in [1.82, 2.24) is 13.9 Å². The van der Waals surface area contributed by atoms with Crippen LogP contribution in [0.4, 0.5) is 0 Å². The fourth-order valence-corrected chi connectivity index (χ4v) is 5.07. The van der Waals surface area contributed by atoms with Gasteiger partial charge in [-0.15, -0.1) is 0 Å². The average molecular weight is 353 g/mol. The summed E-state index contributed by atoms with van der Waals surface area (Å²) in [5.41, 5.74) is 1.08. The average Bonchev–Trinajstić information content (AvgIpc) is 3.07. The lowest BCUT2D eigenvalue weighted by molar-refractivity contribution is 0.147. The van der Waals surface area contributed by atoms with Gasteiger partial charge in [0, 0.05) is 31.7 Å². The Kier molecular flexibility index (Phi) is 5.44. The van der Waals surface area contributed by atoms with E-state index in [-0.39, 0.29) is 12.1 Å². The van der Waals surface area contributed by atoms with E-state index in [4.69, 9.17) is 4.74 Å². The zero-order chi connectivity index (χ0) is 17.2. The molecule has 0 spiro atoms. The highest BCUT2D eigenvalue weighted by Crippen LogP contribution is 2.28. The summed E-state index contributed by atoms with van der Waals surface area (Å²) < 4.78 is 35.2. The van der Waals surface area contributed by atoms with Crippen molar-refractivity contribution in [2.24, 2.45) is 0 Å². The second kappa shape index (κ2) is 7.39. The first-order valence-electron chi connectivity index (χ1n) is 8.61. The van der Waals surface area contributed by atoms with Crippen LogP contribution in [-0.2, 0) is 10.2 Å². The molecule has 1 heterocycles. The van der Waals surface area contributed by atoms with Crippen molar-refractivity contribution in [1.29, 1.82) is 0 Å². The van der Waals surface area contributed by atoms with E-state index >= 15 is 0 Å². The Morgan fingerprint density at radius 3 is 2.67 bits per heavy atom. The maximum absolute atomic E-state index is 12.7. The summed E-state index contributed by atoms with van der Waals surface area (Å²) in [5, 5.41) is 0. The molecule has 0 bridgehead atoms. The number of hydrogen-bond acceptors (Lipinski definition) is 4. The molecule has 1 saturated carbocycles. The van der Waals surface area contributed by atoms with Crippen molar-refractivity contribution in [3.63, 3.8) is 0 Å². The molecule has 7 heteroatoms. The first-order chi connectivity index (χ1) is 11.5. The van der Waals surface area contributed by atoms with Crippen LogP contribution in [0, 0.1) is 0 Å². The number of methoxy groups -OCH3 is 1. The van der Waals surface area contributed by atoms with Gasteiger partial charge in [0.1, 0.15) is 5.75 Å². The van der Waals surface area contributed by atoms with Gasteiger partial charge in [-0.1, -0.05) is 25.0 Å². The van der Waals surface area contributed by atoms with Crippen LogP contribution in [-0.4, -0.2) is 57.5 Å². The zero-order valence-electron chi connectivity index (χ0n) is 14.4. The Bertz CT molecular complexity index is 659. The number of piperazine rings is 1. The van der Waals surface area contributed by atoms with E-state index in [0.29, 0.717) is 19.6 Å². The lowest BCUT2D eigenvalue weighted by atomic mass is 10.0. The number of benzene rings is 1. The standard InChI is InChI=1S/C17H27N3O3S/c1-19-10-11-20(24(21,22)18-15-7-3-4-8-15)13-17(19)14-6-5-9-16(12-14)23-2/h5-6,9,12,15,17-18H,3-4,7-8,10-11,13H2,1-2H3. The summed E-state index contributed by atoms with van der Waals surface area (Å²) in [6, 6.07) is 8.01. The van der Waals surface area contributed by atoms with E-state index in [0.717, 1.165) is 37.0 Å². The molecule has 1 aromatic rings. The van der Waals surface area contributed by atoms with Gasteiger partial charge in [-0.25, -0.2) is 0 Å². The largest absolute Gasteiger partial charge is 0.497 e. The summed E-state index contributed by atoms with van der Waals surface area (Å²) in [6.45, 7) is 1.71. The van der Waals surface area contributed by atoms with Gasteiger partial charge >= 0.3 is 0 Å². The SMILES string of the molecule is COc1cccc(C2CN(S(=O)(=O)NC3CCCC3)CCN2C)c1. The second-order valence-electron chi connectivity index (χ2n) is 6.74. The maximum Gasteiger partial charge on any atom is 0.279 e. The molecule has 1 saturated heterocycles. The van der Waals surface area contributed by atoms with Crippen molar-refractivity contribution in [2.75, 3.05) is 33.8 Å². The molecule has 1 unspecified atom stereocenters. The van der Waals surface area contributed by atoms with Gasteiger partial charge in [-0.05, 0) is 37.6 Å². The number of nitrogens with zero attached hydrogens (tertiary/aromatic N) is 2. The zero-order valence-corrected chi connectivity index (χ0v) is 15.3.